The van der Waals surface area contributed by atoms with Gasteiger partial charge in [0.15, 0.2) is 0 Å². The van der Waals surface area contributed by atoms with Crippen LogP contribution in [0.5, 0.6) is 10.9 Å². The van der Waals surface area contributed by atoms with Crippen molar-refractivity contribution in [3.63, 3.8) is 0 Å². The minimum absolute atomic E-state index is 0.190. The zero-order chi connectivity index (χ0) is 25.6. The van der Waals surface area contributed by atoms with Gasteiger partial charge in [0.1, 0.15) is 25.1 Å². The maximum Gasteiger partial charge on any atom is 0.407 e. The first-order chi connectivity index (χ1) is 17.5. The Morgan fingerprint density at radius 2 is 2.03 bits per heavy atom. The quantitative estimate of drug-likeness (QED) is 0.350. The number of primary amides is 1. The van der Waals surface area contributed by atoms with Crippen LogP contribution in [-0.2, 0) is 4.74 Å². The Bertz CT molecular complexity index is 896. The van der Waals surface area contributed by atoms with Crippen molar-refractivity contribution >= 4 is 23.3 Å². The largest absolute Gasteiger partial charge is 0.492 e. The van der Waals surface area contributed by atoms with Crippen LogP contribution in [0.25, 0.3) is 0 Å². The first-order valence-corrected chi connectivity index (χ1v) is 13.2. The summed E-state index contributed by atoms with van der Waals surface area (Å²) in [5, 5.41) is 17.7. The maximum absolute atomic E-state index is 10.9. The average molecular weight is 521 g/mol. The van der Waals surface area contributed by atoms with Crippen molar-refractivity contribution in [1.82, 2.24) is 15.6 Å². The van der Waals surface area contributed by atoms with Crippen molar-refractivity contribution in [3.8, 4) is 10.9 Å². The van der Waals surface area contributed by atoms with Gasteiger partial charge in [-0.05, 0) is 48.9 Å². The standard InChI is InChI=1S/C15H19N3O4S.C6H10.C4H7NO2/c16-14(20)11-1-3-13(4-2-11)21-7-5-17-9-12(19)10-22-15-18-6-8-23-15;1-2-5-4-6(5)3-1;6-4-5-2-1-3-7-4/h1-4,6,8,12,17,19H,5,7,9-10H2,(H2,16,20);5-6H,1-4H2;1-3H2,(H,5,6). The topological polar surface area (TPSA) is 145 Å². The predicted octanol–water partition coefficient (Wildman–Crippen LogP) is 2.57. The number of benzene rings is 1. The molecule has 2 amide bonds. The lowest BCUT2D eigenvalue weighted by atomic mass is 10.2. The fourth-order valence-electron chi connectivity index (χ4n) is 3.87. The summed E-state index contributed by atoms with van der Waals surface area (Å²) in [5.41, 5.74) is 5.60. The molecule has 3 fully saturated rings. The van der Waals surface area contributed by atoms with Gasteiger partial charge in [-0.2, -0.15) is 0 Å². The van der Waals surface area contributed by atoms with Gasteiger partial charge in [0.05, 0.1) is 6.61 Å². The van der Waals surface area contributed by atoms with Gasteiger partial charge in [0, 0.05) is 36.8 Å². The van der Waals surface area contributed by atoms with Gasteiger partial charge in [0.2, 0.25) is 5.91 Å². The minimum Gasteiger partial charge on any atom is -0.492 e. The van der Waals surface area contributed by atoms with E-state index in [4.69, 9.17) is 15.2 Å². The number of carbonyl (C=O) groups is 2. The van der Waals surface area contributed by atoms with Crippen LogP contribution in [0.1, 0.15) is 42.5 Å². The molecule has 0 bridgehead atoms. The van der Waals surface area contributed by atoms with Crippen molar-refractivity contribution in [2.75, 3.05) is 39.5 Å². The van der Waals surface area contributed by atoms with Crippen LogP contribution >= 0.6 is 11.3 Å². The van der Waals surface area contributed by atoms with Gasteiger partial charge in [0.25, 0.3) is 5.19 Å². The van der Waals surface area contributed by atoms with Crippen LogP contribution in [-0.4, -0.2) is 67.6 Å². The van der Waals surface area contributed by atoms with E-state index in [0.29, 0.717) is 42.8 Å². The molecule has 3 aliphatic rings. The molecule has 1 aromatic heterocycles. The summed E-state index contributed by atoms with van der Waals surface area (Å²) in [5.74, 6) is 2.62. The number of aliphatic hydroxyl groups is 1. The van der Waals surface area contributed by atoms with Crippen LogP contribution in [0, 0.1) is 11.8 Å². The predicted molar refractivity (Wildman–Crippen MR) is 136 cm³/mol. The molecule has 1 aliphatic heterocycles. The molecule has 10 nitrogen and oxygen atoms in total. The Hall–Kier alpha value is -2.89. The molecule has 36 heavy (non-hydrogen) atoms. The minimum atomic E-state index is -0.617. The number of hydrogen-bond acceptors (Lipinski definition) is 9. The summed E-state index contributed by atoms with van der Waals surface area (Å²) in [6, 6.07) is 6.61. The fourth-order valence-corrected chi connectivity index (χ4v) is 4.37. The Morgan fingerprint density at radius 1 is 1.25 bits per heavy atom. The van der Waals surface area contributed by atoms with Crippen molar-refractivity contribution in [2.45, 2.75) is 38.2 Å². The number of aromatic nitrogens is 1. The van der Waals surface area contributed by atoms with E-state index in [0.717, 1.165) is 13.0 Å². The van der Waals surface area contributed by atoms with Crippen molar-refractivity contribution in [3.05, 3.63) is 41.4 Å². The Labute approximate surface area is 215 Å². The highest BCUT2D eigenvalue weighted by Gasteiger charge is 2.40. The third-order valence-corrected chi connectivity index (χ3v) is 6.60. The molecule has 1 saturated heterocycles. The number of carbonyl (C=O) groups excluding carboxylic acids is 2. The van der Waals surface area contributed by atoms with Gasteiger partial charge in [-0.15, -0.1) is 0 Å². The third-order valence-electron chi connectivity index (χ3n) is 5.92. The lowest BCUT2D eigenvalue weighted by Crippen LogP contribution is -2.33. The summed E-state index contributed by atoms with van der Waals surface area (Å²) < 4.78 is 15.3. The Morgan fingerprint density at radius 3 is 2.53 bits per heavy atom. The maximum atomic E-state index is 10.9. The van der Waals surface area contributed by atoms with Gasteiger partial charge in [-0.1, -0.05) is 30.6 Å². The number of nitrogens with two attached hydrogens (primary N) is 1. The van der Waals surface area contributed by atoms with E-state index in [1.165, 1.54) is 29.6 Å². The van der Waals surface area contributed by atoms with E-state index in [1.54, 1.807) is 49.7 Å². The number of amides is 2. The molecule has 5 N–H and O–H groups in total. The van der Waals surface area contributed by atoms with Crippen LogP contribution in [0.4, 0.5) is 4.79 Å². The fraction of sp³-hybridized carbons (Fsp3) is 0.560. The molecule has 5 rings (SSSR count). The molecule has 3 unspecified atom stereocenters. The molecule has 2 saturated carbocycles. The number of nitrogens with one attached hydrogen (secondary N) is 2. The molecule has 198 valence electrons. The van der Waals surface area contributed by atoms with Crippen molar-refractivity contribution in [1.29, 1.82) is 0 Å². The van der Waals surface area contributed by atoms with E-state index >= 15 is 0 Å². The van der Waals surface area contributed by atoms with Gasteiger partial charge in [-0.3, -0.25) is 4.79 Å². The second-order valence-corrected chi connectivity index (χ2v) is 9.66. The van der Waals surface area contributed by atoms with E-state index < -0.39 is 12.0 Å². The second kappa shape index (κ2) is 15.3. The molecular weight excluding hydrogens is 484 g/mol. The molecule has 0 spiro atoms. The van der Waals surface area contributed by atoms with Crippen LogP contribution in [0.15, 0.2) is 35.8 Å². The summed E-state index contributed by atoms with van der Waals surface area (Å²) in [4.78, 5) is 25.0. The smallest absolute Gasteiger partial charge is 0.407 e. The average Bonchev–Trinajstić information content (AvgIpc) is 3.24. The molecule has 11 heteroatoms. The molecule has 3 atom stereocenters. The first kappa shape index (κ1) is 27.7. The monoisotopic (exact) mass is 520 g/mol. The van der Waals surface area contributed by atoms with Crippen LogP contribution in [0.2, 0.25) is 0 Å². The number of aliphatic hydroxyl groups excluding tert-OH is 1. The van der Waals surface area contributed by atoms with E-state index in [-0.39, 0.29) is 12.7 Å². The summed E-state index contributed by atoms with van der Waals surface area (Å²) >= 11 is 1.38. The summed E-state index contributed by atoms with van der Waals surface area (Å²) in [6.07, 6.45) is 7.92. The number of nitrogens with zero attached hydrogens (tertiary/aromatic N) is 1. The lowest BCUT2D eigenvalue weighted by Gasteiger charge is -2.12. The zero-order valence-corrected chi connectivity index (χ0v) is 21.2. The molecule has 2 heterocycles. The molecule has 0 radical (unpaired) electrons. The number of fused-ring (bicyclic) bond motifs is 1. The summed E-state index contributed by atoms with van der Waals surface area (Å²) in [6.45, 7) is 2.94. The first-order valence-electron chi connectivity index (χ1n) is 12.4. The normalized spacial score (nSPS) is 20.2. The number of rotatable bonds is 10. The Balaban J connectivity index is 0.000000220. The van der Waals surface area contributed by atoms with Gasteiger partial charge >= 0.3 is 6.09 Å². The van der Waals surface area contributed by atoms with E-state index in [1.807, 2.05) is 5.38 Å². The van der Waals surface area contributed by atoms with E-state index in [2.05, 4.69) is 20.4 Å². The zero-order valence-electron chi connectivity index (χ0n) is 20.4. The number of ether oxygens (including phenoxy) is 3. The Kier molecular flexibility index (Phi) is 11.7. The van der Waals surface area contributed by atoms with Crippen LogP contribution in [0.3, 0.4) is 0 Å². The van der Waals surface area contributed by atoms with Crippen molar-refractivity contribution in [2.24, 2.45) is 17.6 Å². The van der Waals surface area contributed by atoms with Gasteiger partial charge in [-0.25, -0.2) is 9.78 Å². The summed E-state index contributed by atoms with van der Waals surface area (Å²) in [7, 11) is 0. The number of alkyl carbamates (subject to hydrolysis) is 1. The lowest BCUT2D eigenvalue weighted by molar-refractivity contribution is 0.1000. The van der Waals surface area contributed by atoms with Crippen molar-refractivity contribution < 1.29 is 28.9 Å². The molecule has 1 aromatic carbocycles. The molecule has 2 aromatic rings. The highest BCUT2D eigenvalue weighted by molar-refractivity contribution is 7.11. The number of hydrogen-bond donors (Lipinski definition) is 4. The highest BCUT2D eigenvalue weighted by Crippen LogP contribution is 2.51. The highest BCUT2D eigenvalue weighted by atomic mass is 32.1. The molecular formula is C25H36N4O6S. The van der Waals surface area contributed by atoms with Crippen LogP contribution < -0.4 is 25.8 Å². The second-order valence-electron chi connectivity index (χ2n) is 8.81. The number of cyclic esters (lactones) is 1. The van der Waals surface area contributed by atoms with E-state index in [9.17, 15) is 14.7 Å². The SMILES string of the molecule is C1CC2CC2C1.NC(=O)c1ccc(OCCNCC(O)COc2nccs2)cc1.O=C1NCCCO1. The third kappa shape index (κ3) is 10.8. The van der Waals surface area contributed by atoms with Gasteiger partial charge < -0.3 is 35.7 Å². The molecule has 2 aliphatic carbocycles. The number of thiazole rings is 1.